The van der Waals surface area contributed by atoms with Crippen molar-refractivity contribution in [2.24, 2.45) is 0 Å². The van der Waals surface area contributed by atoms with Crippen LogP contribution in [0.4, 0.5) is 4.79 Å². The second-order valence-electron chi connectivity index (χ2n) is 5.74. The summed E-state index contributed by atoms with van der Waals surface area (Å²) in [5.41, 5.74) is 0. The van der Waals surface area contributed by atoms with Crippen molar-refractivity contribution in [1.29, 1.82) is 0 Å². The summed E-state index contributed by atoms with van der Waals surface area (Å²) in [6, 6.07) is 0. The van der Waals surface area contributed by atoms with E-state index in [9.17, 15) is 19.2 Å². The lowest BCUT2D eigenvalue weighted by molar-refractivity contribution is -0.167. The number of rotatable bonds is 6. The first kappa shape index (κ1) is 28.0. The van der Waals surface area contributed by atoms with Crippen LogP contribution in [0.3, 0.4) is 0 Å². The van der Waals surface area contributed by atoms with E-state index in [1.54, 1.807) is 21.1 Å². The Balaban J connectivity index is 0. The highest BCUT2D eigenvalue weighted by Crippen LogP contribution is 2.10. The second kappa shape index (κ2) is 18.2. The van der Waals surface area contributed by atoms with Gasteiger partial charge in [0.1, 0.15) is 31.7 Å². The van der Waals surface area contributed by atoms with Crippen molar-refractivity contribution in [1.82, 2.24) is 0 Å². The van der Waals surface area contributed by atoms with Crippen LogP contribution >= 0.6 is 0 Å². The summed E-state index contributed by atoms with van der Waals surface area (Å²) in [5, 5.41) is 0. The van der Waals surface area contributed by atoms with Crippen LogP contribution in [0.15, 0.2) is 0 Å². The summed E-state index contributed by atoms with van der Waals surface area (Å²) in [6.45, 7) is 8.34. The molecule has 2 rings (SSSR count). The maximum Gasteiger partial charge on any atom is 0.508 e. The van der Waals surface area contributed by atoms with Crippen molar-refractivity contribution in [3.05, 3.63) is 0 Å². The summed E-state index contributed by atoms with van der Waals surface area (Å²) in [7, 11) is 3.16. The molecule has 10 heteroatoms. The standard InChI is InChI=1S/C6H12O2.C5H10O3.C4H6O2.C3H4O3/c1-5(7)4-6(2)8-3;1-5(6)8-4-3-7-2;1-3-2-4(5)6-3;4-3-5-1-2-6-3/h6H,4H2,1-3H3;3-4H2,1-2H3;3H,2H2,1H3;1-2H2. The van der Waals surface area contributed by atoms with E-state index in [1.807, 2.05) is 13.8 Å². The molecule has 0 spiro atoms. The SMILES string of the molecule is CC1CC(=O)O1.COC(C)CC(C)=O.COCCOC(C)=O.O=C1OCCO1. The number of carbonyl (C=O) groups is 4. The predicted octanol–water partition coefficient (Wildman–Crippen LogP) is 1.67. The number of carbonyl (C=O) groups excluding carboxylic acids is 4. The lowest BCUT2D eigenvalue weighted by Crippen LogP contribution is -2.29. The number of hydrogen-bond donors (Lipinski definition) is 0. The fraction of sp³-hybridized carbons (Fsp3) is 0.778. The quantitative estimate of drug-likeness (QED) is 0.364. The van der Waals surface area contributed by atoms with E-state index in [4.69, 9.17) is 4.74 Å². The zero-order valence-electron chi connectivity index (χ0n) is 17.5. The number of esters is 2. The molecule has 2 fully saturated rings. The number of ether oxygens (including phenoxy) is 6. The van der Waals surface area contributed by atoms with E-state index in [1.165, 1.54) is 6.92 Å². The fourth-order valence-electron chi connectivity index (χ4n) is 1.50. The summed E-state index contributed by atoms with van der Waals surface area (Å²) in [6.07, 6.45) is 0.858. The van der Waals surface area contributed by atoms with Crippen molar-refractivity contribution in [2.75, 3.05) is 40.6 Å². The molecular formula is C18H32O10. The Morgan fingerprint density at radius 2 is 1.64 bits per heavy atom. The van der Waals surface area contributed by atoms with E-state index in [0.717, 1.165) is 0 Å². The normalized spacial score (nSPS) is 17.3. The third-order valence-electron chi connectivity index (χ3n) is 2.88. The molecule has 0 aromatic rings. The topological polar surface area (TPSA) is 124 Å². The maximum atomic E-state index is 10.3. The third-order valence-corrected chi connectivity index (χ3v) is 2.88. The smallest absolute Gasteiger partial charge is 0.463 e. The summed E-state index contributed by atoms with van der Waals surface area (Å²) >= 11 is 0. The first-order chi connectivity index (χ1) is 13.1. The van der Waals surface area contributed by atoms with Crippen LogP contribution in [0.5, 0.6) is 0 Å². The molecule has 0 aromatic heterocycles. The zero-order valence-corrected chi connectivity index (χ0v) is 17.5. The van der Waals surface area contributed by atoms with Crippen LogP contribution < -0.4 is 0 Å². The number of cyclic esters (lactones) is 3. The van der Waals surface area contributed by atoms with Gasteiger partial charge in [0.2, 0.25) is 0 Å². The molecule has 0 aromatic carbocycles. The Kier molecular flexibility index (Phi) is 18.2. The van der Waals surface area contributed by atoms with Gasteiger partial charge in [-0.25, -0.2) is 4.79 Å². The molecule has 0 aliphatic carbocycles. The van der Waals surface area contributed by atoms with E-state index < -0.39 is 6.16 Å². The summed E-state index contributed by atoms with van der Waals surface area (Å²) in [4.78, 5) is 40.1. The molecule has 0 saturated carbocycles. The second-order valence-corrected chi connectivity index (χ2v) is 5.74. The predicted molar refractivity (Wildman–Crippen MR) is 97.7 cm³/mol. The van der Waals surface area contributed by atoms with Crippen LogP contribution in [0.2, 0.25) is 0 Å². The van der Waals surface area contributed by atoms with Gasteiger partial charge in [0, 0.05) is 27.6 Å². The van der Waals surface area contributed by atoms with Crippen LogP contribution in [0, 0.1) is 0 Å². The van der Waals surface area contributed by atoms with E-state index in [2.05, 4.69) is 23.7 Å². The highest BCUT2D eigenvalue weighted by molar-refractivity contribution is 5.76. The minimum absolute atomic E-state index is 0.0671. The first-order valence-electron chi connectivity index (χ1n) is 8.75. The van der Waals surface area contributed by atoms with Gasteiger partial charge in [-0.3, -0.25) is 14.4 Å². The zero-order chi connectivity index (χ0) is 21.9. The van der Waals surface area contributed by atoms with Gasteiger partial charge in [-0.2, -0.15) is 0 Å². The maximum absolute atomic E-state index is 10.3. The average Bonchev–Trinajstić information content (AvgIpc) is 3.06. The van der Waals surface area contributed by atoms with Crippen molar-refractivity contribution >= 4 is 23.9 Å². The van der Waals surface area contributed by atoms with Gasteiger partial charge in [-0.1, -0.05) is 0 Å². The molecule has 0 bridgehead atoms. The Hall–Kier alpha value is -2.20. The minimum atomic E-state index is -0.546. The minimum Gasteiger partial charge on any atom is -0.463 e. The van der Waals surface area contributed by atoms with E-state index in [0.29, 0.717) is 39.3 Å². The van der Waals surface area contributed by atoms with Crippen molar-refractivity contribution in [3.63, 3.8) is 0 Å². The number of hydrogen-bond acceptors (Lipinski definition) is 10. The molecule has 164 valence electrons. The highest BCUT2D eigenvalue weighted by Gasteiger charge is 2.22. The molecule has 2 unspecified atom stereocenters. The van der Waals surface area contributed by atoms with Crippen molar-refractivity contribution < 1.29 is 47.6 Å². The molecule has 10 nitrogen and oxygen atoms in total. The molecule has 0 amide bonds. The van der Waals surface area contributed by atoms with Gasteiger partial charge < -0.3 is 28.4 Å². The molecule has 2 heterocycles. The monoisotopic (exact) mass is 408 g/mol. The van der Waals surface area contributed by atoms with Gasteiger partial charge >= 0.3 is 18.1 Å². The van der Waals surface area contributed by atoms with E-state index in [-0.39, 0.29) is 29.9 Å². The molecular weight excluding hydrogens is 376 g/mol. The molecule has 2 atom stereocenters. The lowest BCUT2D eigenvalue weighted by atomic mass is 10.2. The molecule has 0 N–H and O–H groups in total. The van der Waals surface area contributed by atoms with Crippen LogP contribution in [-0.4, -0.2) is 76.7 Å². The summed E-state index contributed by atoms with van der Waals surface area (Å²) in [5.74, 6) is -0.149. The molecule has 2 aliphatic rings. The number of Topliss-reactive ketones (excluding diaryl/α,β-unsaturated/α-hetero) is 1. The summed E-state index contributed by atoms with van der Waals surface area (Å²) < 4.78 is 27.1. The Morgan fingerprint density at radius 1 is 1.11 bits per heavy atom. The van der Waals surface area contributed by atoms with Gasteiger partial charge in [-0.05, 0) is 20.8 Å². The van der Waals surface area contributed by atoms with Gasteiger partial charge in [0.15, 0.2) is 0 Å². The fourth-order valence-corrected chi connectivity index (χ4v) is 1.50. The van der Waals surface area contributed by atoms with E-state index >= 15 is 0 Å². The van der Waals surface area contributed by atoms with Crippen LogP contribution in [0.25, 0.3) is 0 Å². The highest BCUT2D eigenvalue weighted by atomic mass is 16.8. The van der Waals surface area contributed by atoms with Gasteiger partial charge in [0.25, 0.3) is 0 Å². The largest absolute Gasteiger partial charge is 0.508 e. The van der Waals surface area contributed by atoms with Crippen molar-refractivity contribution in [3.8, 4) is 0 Å². The first-order valence-corrected chi connectivity index (χ1v) is 8.75. The Morgan fingerprint density at radius 3 is 1.82 bits per heavy atom. The number of methoxy groups -OCH3 is 2. The molecule has 28 heavy (non-hydrogen) atoms. The Labute approximate surface area is 165 Å². The molecule has 2 saturated heterocycles. The van der Waals surface area contributed by atoms with Crippen LogP contribution in [-0.2, 0) is 42.8 Å². The lowest BCUT2D eigenvalue weighted by Gasteiger charge is -2.20. The average molecular weight is 408 g/mol. The van der Waals surface area contributed by atoms with Crippen molar-refractivity contribution in [2.45, 2.75) is 52.7 Å². The third kappa shape index (κ3) is 21.8. The number of ketones is 1. The van der Waals surface area contributed by atoms with Gasteiger partial charge in [0.05, 0.1) is 19.1 Å². The molecule has 2 aliphatic heterocycles. The Bertz CT molecular complexity index is 447. The molecule has 0 radical (unpaired) electrons. The van der Waals surface area contributed by atoms with Gasteiger partial charge in [-0.15, -0.1) is 0 Å². The van der Waals surface area contributed by atoms with Crippen LogP contribution in [0.1, 0.15) is 40.5 Å².